The first-order valence-corrected chi connectivity index (χ1v) is 8.68. The van der Waals surface area contributed by atoms with Gasteiger partial charge in [0.05, 0.1) is 11.7 Å². The molecule has 112 valence electrons. The first kappa shape index (κ1) is 15.3. The molecule has 0 radical (unpaired) electrons. The van der Waals surface area contributed by atoms with Crippen LogP contribution in [0.2, 0.25) is 0 Å². The summed E-state index contributed by atoms with van der Waals surface area (Å²) < 4.78 is 6.73. The molecule has 0 bridgehead atoms. The van der Waals surface area contributed by atoms with Crippen LogP contribution in [0.1, 0.15) is 78.1 Å². The average molecular weight is 267 g/mol. The Kier molecular flexibility index (Phi) is 6.15. The summed E-state index contributed by atoms with van der Waals surface area (Å²) in [4.78, 5) is 0. The maximum atomic E-state index is 6.73. The van der Waals surface area contributed by atoms with Gasteiger partial charge in [-0.1, -0.05) is 46.0 Å². The third-order valence-electron chi connectivity index (χ3n) is 5.15. The van der Waals surface area contributed by atoms with Gasteiger partial charge in [-0.05, 0) is 44.6 Å². The van der Waals surface area contributed by atoms with Crippen LogP contribution in [0.3, 0.4) is 0 Å². The van der Waals surface area contributed by atoms with Crippen molar-refractivity contribution < 1.29 is 4.74 Å². The molecule has 0 saturated heterocycles. The predicted octanol–water partition coefficient (Wildman–Crippen LogP) is 4.28. The molecule has 0 heterocycles. The Morgan fingerprint density at radius 2 is 1.79 bits per heavy atom. The minimum atomic E-state index is 0.171. The molecule has 0 spiro atoms. The van der Waals surface area contributed by atoms with Gasteiger partial charge in [-0.3, -0.25) is 0 Å². The molecule has 2 nitrogen and oxygen atoms in total. The summed E-state index contributed by atoms with van der Waals surface area (Å²) in [7, 11) is 0. The lowest BCUT2D eigenvalue weighted by Crippen LogP contribution is -2.46. The normalized spacial score (nSPS) is 30.6. The van der Waals surface area contributed by atoms with Crippen LogP contribution in [0.5, 0.6) is 0 Å². The molecule has 0 aliphatic heterocycles. The Bertz CT molecular complexity index is 248. The van der Waals surface area contributed by atoms with Crippen LogP contribution in [0.4, 0.5) is 0 Å². The molecule has 2 atom stereocenters. The van der Waals surface area contributed by atoms with E-state index in [2.05, 4.69) is 19.2 Å². The molecule has 0 aromatic rings. The molecule has 0 aromatic carbocycles. The summed E-state index contributed by atoms with van der Waals surface area (Å²) in [6.07, 6.45) is 13.8. The topological polar surface area (TPSA) is 21.3 Å². The highest BCUT2D eigenvalue weighted by molar-refractivity contribution is 4.91. The third kappa shape index (κ3) is 4.19. The van der Waals surface area contributed by atoms with E-state index in [9.17, 15) is 0 Å². The van der Waals surface area contributed by atoms with Crippen molar-refractivity contribution in [3.8, 4) is 0 Å². The molecule has 0 amide bonds. The van der Waals surface area contributed by atoms with Crippen LogP contribution in [0.25, 0.3) is 0 Å². The van der Waals surface area contributed by atoms with Crippen molar-refractivity contribution in [2.24, 2.45) is 5.92 Å². The second-order valence-corrected chi connectivity index (χ2v) is 6.68. The zero-order valence-corrected chi connectivity index (χ0v) is 13.0. The Morgan fingerprint density at radius 3 is 2.47 bits per heavy atom. The third-order valence-corrected chi connectivity index (χ3v) is 5.15. The van der Waals surface area contributed by atoms with Gasteiger partial charge in [0.1, 0.15) is 0 Å². The maximum Gasteiger partial charge on any atom is 0.0810 e. The van der Waals surface area contributed by atoms with Crippen molar-refractivity contribution >= 4 is 0 Å². The van der Waals surface area contributed by atoms with E-state index >= 15 is 0 Å². The largest absolute Gasteiger partial charge is 0.370 e. The Morgan fingerprint density at radius 1 is 1.05 bits per heavy atom. The highest BCUT2D eigenvalue weighted by atomic mass is 16.5. The second kappa shape index (κ2) is 7.64. The Hall–Kier alpha value is -0.0800. The van der Waals surface area contributed by atoms with Crippen molar-refractivity contribution in [1.29, 1.82) is 0 Å². The molecule has 2 aliphatic carbocycles. The van der Waals surface area contributed by atoms with E-state index in [1.54, 1.807) is 0 Å². The molecule has 2 saturated carbocycles. The second-order valence-electron chi connectivity index (χ2n) is 6.68. The van der Waals surface area contributed by atoms with E-state index in [0.717, 1.165) is 19.0 Å². The van der Waals surface area contributed by atoms with E-state index in [0.29, 0.717) is 6.10 Å². The van der Waals surface area contributed by atoms with Crippen molar-refractivity contribution in [3.05, 3.63) is 0 Å². The van der Waals surface area contributed by atoms with Gasteiger partial charge >= 0.3 is 0 Å². The van der Waals surface area contributed by atoms with Gasteiger partial charge in [0.25, 0.3) is 0 Å². The smallest absolute Gasteiger partial charge is 0.0810 e. The molecule has 2 aliphatic rings. The molecule has 1 N–H and O–H groups in total. The van der Waals surface area contributed by atoms with Gasteiger partial charge in [0, 0.05) is 6.54 Å². The predicted molar refractivity (Wildman–Crippen MR) is 81.5 cm³/mol. The van der Waals surface area contributed by atoms with Crippen LogP contribution in [0, 0.1) is 5.92 Å². The van der Waals surface area contributed by atoms with Crippen LogP contribution in [-0.4, -0.2) is 24.8 Å². The van der Waals surface area contributed by atoms with Crippen molar-refractivity contribution in [2.75, 3.05) is 13.1 Å². The van der Waals surface area contributed by atoms with Crippen LogP contribution in [-0.2, 0) is 4.74 Å². The monoisotopic (exact) mass is 267 g/mol. The van der Waals surface area contributed by atoms with Gasteiger partial charge in [-0.15, -0.1) is 0 Å². The lowest BCUT2D eigenvalue weighted by molar-refractivity contribution is -0.122. The Balaban J connectivity index is 1.91. The van der Waals surface area contributed by atoms with Gasteiger partial charge in [-0.25, -0.2) is 0 Å². The highest BCUT2D eigenvalue weighted by Crippen LogP contribution is 2.38. The summed E-state index contributed by atoms with van der Waals surface area (Å²) in [5, 5.41) is 3.62. The summed E-state index contributed by atoms with van der Waals surface area (Å²) in [6.45, 7) is 6.78. The molecule has 19 heavy (non-hydrogen) atoms. The van der Waals surface area contributed by atoms with Gasteiger partial charge in [0.2, 0.25) is 0 Å². The summed E-state index contributed by atoms with van der Waals surface area (Å²) in [6, 6.07) is 0. The molecular weight excluding hydrogens is 234 g/mol. The standard InChI is InChI=1S/C17H33NO/c1-3-13-18-14-17(11-7-8-12-17)19-16-10-6-5-9-15(16)4-2/h15-16,18H,3-14H2,1-2H3. The van der Waals surface area contributed by atoms with Gasteiger partial charge < -0.3 is 10.1 Å². The molecule has 2 fully saturated rings. The van der Waals surface area contributed by atoms with Crippen molar-refractivity contribution in [3.63, 3.8) is 0 Å². The van der Waals surface area contributed by atoms with E-state index in [4.69, 9.17) is 4.74 Å². The number of nitrogens with one attached hydrogen (secondary N) is 1. The number of ether oxygens (including phenoxy) is 1. The van der Waals surface area contributed by atoms with Crippen LogP contribution in [0.15, 0.2) is 0 Å². The average Bonchev–Trinajstić information content (AvgIpc) is 2.88. The zero-order chi connectivity index (χ0) is 13.6. The van der Waals surface area contributed by atoms with E-state index in [1.165, 1.54) is 64.2 Å². The van der Waals surface area contributed by atoms with Crippen molar-refractivity contribution in [1.82, 2.24) is 5.32 Å². The van der Waals surface area contributed by atoms with Crippen molar-refractivity contribution in [2.45, 2.75) is 89.8 Å². The maximum absolute atomic E-state index is 6.73. The Labute approximate surface area is 119 Å². The summed E-state index contributed by atoms with van der Waals surface area (Å²) in [5.41, 5.74) is 0.171. The van der Waals surface area contributed by atoms with Crippen LogP contribution >= 0.6 is 0 Å². The SMILES string of the molecule is CCCNCC1(OC2CCCCC2CC)CCCC1. The van der Waals surface area contributed by atoms with E-state index in [1.807, 2.05) is 0 Å². The minimum absolute atomic E-state index is 0.171. The first-order valence-electron chi connectivity index (χ1n) is 8.68. The summed E-state index contributed by atoms with van der Waals surface area (Å²) in [5.74, 6) is 0.817. The first-order chi connectivity index (χ1) is 9.29. The molecule has 2 rings (SSSR count). The quantitative estimate of drug-likeness (QED) is 0.695. The number of rotatable bonds is 7. The summed E-state index contributed by atoms with van der Waals surface area (Å²) >= 11 is 0. The molecule has 0 aromatic heterocycles. The van der Waals surface area contributed by atoms with Gasteiger partial charge in [-0.2, -0.15) is 0 Å². The lowest BCUT2D eigenvalue weighted by Gasteiger charge is -2.39. The minimum Gasteiger partial charge on any atom is -0.370 e. The molecule has 2 heteroatoms. The van der Waals surface area contributed by atoms with E-state index in [-0.39, 0.29) is 5.60 Å². The fraction of sp³-hybridized carbons (Fsp3) is 1.00. The van der Waals surface area contributed by atoms with Gasteiger partial charge in [0.15, 0.2) is 0 Å². The fourth-order valence-electron chi connectivity index (χ4n) is 3.97. The number of hydrogen-bond acceptors (Lipinski definition) is 2. The zero-order valence-electron chi connectivity index (χ0n) is 13.0. The highest BCUT2D eigenvalue weighted by Gasteiger charge is 2.38. The number of hydrogen-bond donors (Lipinski definition) is 1. The fourth-order valence-corrected chi connectivity index (χ4v) is 3.97. The molecule has 2 unspecified atom stereocenters. The van der Waals surface area contributed by atoms with Crippen LogP contribution < -0.4 is 5.32 Å². The lowest BCUT2D eigenvalue weighted by atomic mass is 9.84. The van der Waals surface area contributed by atoms with E-state index < -0.39 is 0 Å². The molecular formula is C17H33NO.